The van der Waals surface area contributed by atoms with Crippen LogP contribution in [0.2, 0.25) is 10.0 Å². The van der Waals surface area contributed by atoms with Crippen molar-refractivity contribution in [3.63, 3.8) is 0 Å². The van der Waals surface area contributed by atoms with Crippen molar-refractivity contribution < 1.29 is 13.2 Å². The van der Waals surface area contributed by atoms with Gasteiger partial charge in [0.15, 0.2) is 5.78 Å². The van der Waals surface area contributed by atoms with Gasteiger partial charge in [-0.2, -0.15) is 0 Å². The lowest BCUT2D eigenvalue weighted by Gasteiger charge is -2.09. The summed E-state index contributed by atoms with van der Waals surface area (Å²) in [7, 11) is -3.82. The van der Waals surface area contributed by atoms with E-state index in [1.807, 2.05) is 0 Å². The molecule has 0 fully saturated rings. The van der Waals surface area contributed by atoms with E-state index in [4.69, 9.17) is 23.2 Å². The van der Waals surface area contributed by atoms with Crippen LogP contribution >= 0.6 is 23.2 Å². The number of hydrogen-bond donors (Lipinski definition) is 1. The fraction of sp³-hybridized carbons (Fsp3) is 0.0714. The number of rotatable bonds is 4. The van der Waals surface area contributed by atoms with Crippen LogP contribution in [0.25, 0.3) is 0 Å². The SMILES string of the molecule is CC(=O)c1cccc(S(=O)(=O)Nc2cc(Cl)cc(Cl)c2)c1. The molecule has 0 saturated carbocycles. The first kappa shape index (κ1) is 15.8. The van der Waals surface area contributed by atoms with Gasteiger partial charge in [0.05, 0.1) is 10.6 Å². The third-order valence-corrected chi connectivity index (χ3v) is 4.48. The lowest BCUT2D eigenvalue weighted by atomic mass is 10.2. The van der Waals surface area contributed by atoms with Crippen LogP contribution in [0.5, 0.6) is 0 Å². The fourth-order valence-electron chi connectivity index (χ4n) is 1.71. The van der Waals surface area contributed by atoms with Crippen molar-refractivity contribution in [1.82, 2.24) is 0 Å². The van der Waals surface area contributed by atoms with Crippen molar-refractivity contribution in [2.24, 2.45) is 0 Å². The molecule has 2 aromatic rings. The maximum absolute atomic E-state index is 12.3. The molecule has 1 N–H and O–H groups in total. The number of sulfonamides is 1. The molecule has 110 valence electrons. The second-order valence-electron chi connectivity index (χ2n) is 4.35. The Bertz CT molecular complexity index is 783. The van der Waals surface area contributed by atoms with Crippen LogP contribution in [0.3, 0.4) is 0 Å². The number of benzene rings is 2. The first-order valence-electron chi connectivity index (χ1n) is 5.88. The number of halogens is 2. The van der Waals surface area contributed by atoms with E-state index in [1.165, 1.54) is 43.3 Å². The normalized spacial score (nSPS) is 11.2. The summed E-state index contributed by atoms with van der Waals surface area (Å²) < 4.78 is 27.0. The Morgan fingerprint density at radius 1 is 1.05 bits per heavy atom. The van der Waals surface area contributed by atoms with Gasteiger partial charge in [-0.05, 0) is 37.3 Å². The maximum Gasteiger partial charge on any atom is 0.261 e. The Balaban J connectivity index is 2.38. The van der Waals surface area contributed by atoms with Gasteiger partial charge in [0.25, 0.3) is 10.0 Å². The monoisotopic (exact) mass is 343 g/mol. The van der Waals surface area contributed by atoms with Crippen LogP contribution in [-0.4, -0.2) is 14.2 Å². The van der Waals surface area contributed by atoms with Gasteiger partial charge in [-0.3, -0.25) is 9.52 Å². The number of hydrogen-bond acceptors (Lipinski definition) is 3. The van der Waals surface area contributed by atoms with Gasteiger partial charge >= 0.3 is 0 Å². The van der Waals surface area contributed by atoms with Gasteiger partial charge in [-0.25, -0.2) is 8.42 Å². The number of ketones is 1. The zero-order chi connectivity index (χ0) is 15.6. The van der Waals surface area contributed by atoms with Crippen molar-refractivity contribution in [3.8, 4) is 0 Å². The molecule has 0 unspecified atom stereocenters. The number of carbonyl (C=O) groups excluding carboxylic acids is 1. The lowest BCUT2D eigenvalue weighted by Crippen LogP contribution is -2.13. The molecule has 4 nitrogen and oxygen atoms in total. The summed E-state index contributed by atoms with van der Waals surface area (Å²) in [5.41, 5.74) is 0.572. The minimum atomic E-state index is -3.82. The molecular weight excluding hydrogens is 333 g/mol. The first-order chi connectivity index (χ1) is 9.78. The third kappa shape index (κ3) is 3.97. The van der Waals surface area contributed by atoms with Crippen molar-refractivity contribution in [2.75, 3.05) is 4.72 Å². The Morgan fingerprint density at radius 2 is 1.67 bits per heavy atom. The van der Waals surface area contributed by atoms with Crippen molar-refractivity contribution in [1.29, 1.82) is 0 Å². The number of carbonyl (C=O) groups is 1. The molecule has 0 spiro atoms. The standard InChI is InChI=1S/C14H11Cl2NO3S/c1-9(18)10-3-2-4-14(5-10)21(19,20)17-13-7-11(15)6-12(16)8-13/h2-8,17H,1H3. The summed E-state index contributed by atoms with van der Waals surface area (Å²) >= 11 is 11.7. The van der Waals surface area contributed by atoms with E-state index in [0.29, 0.717) is 15.6 Å². The van der Waals surface area contributed by atoms with Crippen molar-refractivity contribution in [3.05, 3.63) is 58.1 Å². The smallest absolute Gasteiger partial charge is 0.261 e. The van der Waals surface area contributed by atoms with Crippen LogP contribution in [0.15, 0.2) is 47.4 Å². The molecule has 0 bridgehead atoms. The van der Waals surface area contributed by atoms with Crippen LogP contribution in [0, 0.1) is 0 Å². The van der Waals surface area contributed by atoms with Crippen LogP contribution in [-0.2, 0) is 10.0 Å². The molecule has 0 amide bonds. The first-order valence-corrected chi connectivity index (χ1v) is 8.12. The maximum atomic E-state index is 12.3. The summed E-state index contributed by atoms with van der Waals surface area (Å²) in [5, 5.41) is 0.635. The van der Waals surface area contributed by atoms with Crippen LogP contribution in [0.1, 0.15) is 17.3 Å². The van der Waals surface area contributed by atoms with E-state index in [1.54, 1.807) is 6.07 Å². The minimum absolute atomic E-state index is 0.00806. The van der Waals surface area contributed by atoms with Gasteiger partial charge < -0.3 is 0 Å². The molecular formula is C14H11Cl2NO3S. The van der Waals surface area contributed by atoms with E-state index < -0.39 is 10.0 Å². The van der Waals surface area contributed by atoms with Gasteiger partial charge in [0.2, 0.25) is 0 Å². The third-order valence-electron chi connectivity index (χ3n) is 2.67. The average Bonchev–Trinajstić information content (AvgIpc) is 2.37. The van der Waals surface area contributed by atoms with Gasteiger partial charge in [0.1, 0.15) is 0 Å². The molecule has 0 saturated heterocycles. The molecule has 2 rings (SSSR count). The summed E-state index contributed by atoms with van der Waals surface area (Å²) in [6.07, 6.45) is 0. The van der Waals surface area contributed by atoms with Crippen molar-refractivity contribution >= 4 is 44.7 Å². The van der Waals surface area contributed by atoms with E-state index in [0.717, 1.165) is 0 Å². The van der Waals surface area contributed by atoms with E-state index in [-0.39, 0.29) is 16.4 Å². The highest BCUT2D eigenvalue weighted by molar-refractivity contribution is 7.92. The summed E-state index contributed by atoms with van der Waals surface area (Å²) in [6.45, 7) is 1.37. The largest absolute Gasteiger partial charge is 0.295 e. The molecule has 0 aliphatic carbocycles. The van der Waals surface area contributed by atoms with Crippen LogP contribution in [0.4, 0.5) is 5.69 Å². The van der Waals surface area contributed by atoms with E-state index in [9.17, 15) is 13.2 Å². The zero-order valence-electron chi connectivity index (χ0n) is 10.9. The number of nitrogens with one attached hydrogen (secondary N) is 1. The van der Waals surface area contributed by atoms with Gasteiger partial charge in [-0.1, -0.05) is 35.3 Å². The topological polar surface area (TPSA) is 63.2 Å². The highest BCUT2D eigenvalue weighted by Crippen LogP contribution is 2.25. The number of anilines is 1. The molecule has 7 heteroatoms. The quantitative estimate of drug-likeness (QED) is 0.853. The Hall–Kier alpha value is -1.56. The molecule has 0 heterocycles. The molecule has 0 aliphatic rings. The van der Waals surface area contributed by atoms with Gasteiger partial charge in [-0.15, -0.1) is 0 Å². The van der Waals surface area contributed by atoms with Crippen molar-refractivity contribution in [2.45, 2.75) is 11.8 Å². The summed E-state index contributed by atoms with van der Waals surface area (Å²) in [5.74, 6) is -0.210. The highest BCUT2D eigenvalue weighted by Gasteiger charge is 2.16. The minimum Gasteiger partial charge on any atom is -0.295 e. The fourth-order valence-corrected chi connectivity index (χ4v) is 3.32. The van der Waals surface area contributed by atoms with E-state index >= 15 is 0 Å². The summed E-state index contributed by atoms with van der Waals surface area (Å²) in [4.78, 5) is 11.3. The number of Topliss-reactive ketones (excluding diaryl/α,β-unsaturated/α-hetero) is 1. The Morgan fingerprint density at radius 3 is 2.24 bits per heavy atom. The molecule has 0 atom stereocenters. The van der Waals surface area contributed by atoms with E-state index in [2.05, 4.69) is 4.72 Å². The summed E-state index contributed by atoms with van der Waals surface area (Å²) in [6, 6.07) is 10.2. The second kappa shape index (κ2) is 6.05. The molecule has 21 heavy (non-hydrogen) atoms. The predicted octanol–water partition coefficient (Wildman–Crippen LogP) is 4.00. The molecule has 0 radical (unpaired) electrons. The molecule has 2 aromatic carbocycles. The lowest BCUT2D eigenvalue weighted by molar-refractivity contribution is 0.101. The second-order valence-corrected chi connectivity index (χ2v) is 6.90. The molecule has 0 aromatic heterocycles. The Labute approximate surface area is 132 Å². The predicted molar refractivity (Wildman–Crippen MR) is 83.7 cm³/mol. The average molecular weight is 344 g/mol. The van der Waals surface area contributed by atoms with Crippen LogP contribution < -0.4 is 4.72 Å². The zero-order valence-corrected chi connectivity index (χ0v) is 13.3. The Kier molecular flexibility index (Phi) is 4.56. The highest BCUT2D eigenvalue weighted by atomic mass is 35.5. The molecule has 0 aliphatic heterocycles. The van der Waals surface area contributed by atoms with Gasteiger partial charge in [0, 0.05) is 15.6 Å².